The van der Waals surface area contributed by atoms with Crippen molar-refractivity contribution in [3.63, 3.8) is 0 Å². The first-order chi connectivity index (χ1) is 11.7. The Balaban J connectivity index is 0.000000257. The largest absolute Gasteiger partial charge is 0.744 e. The highest BCUT2D eigenvalue weighted by Crippen LogP contribution is 2.21. The highest BCUT2D eigenvalue weighted by Gasteiger charge is 2.25. The Morgan fingerprint density at radius 2 is 1.72 bits per heavy atom. The lowest BCUT2D eigenvalue weighted by molar-refractivity contribution is -0.867. The van der Waals surface area contributed by atoms with E-state index in [0.717, 1.165) is 20.4 Å². The minimum Gasteiger partial charge on any atom is -0.744 e. The molecule has 1 atom stereocenters. The topological polar surface area (TPSA) is 95.9 Å². The average Bonchev–Trinajstić information content (AvgIpc) is 2.60. The molecule has 0 fully saturated rings. The van der Waals surface area contributed by atoms with E-state index < -0.39 is 31.7 Å². The van der Waals surface area contributed by atoms with Crippen LogP contribution in [0.3, 0.4) is 0 Å². The van der Waals surface area contributed by atoms with Crippen LogP contribution in [0.4, 0.5) is 0 Å². The number of hydrogen-bond donors (Lipinski definition) is 1. The van der Waals surface area contributed by atoms with Crippen molar-refractivity contribution in [2.45, 2.75) is 24.8 Å². The number of hydrogen-bond acceptors (Lipinski definition) is 6. The van der Waals surface area contributed by atoms with Gasteiger partial charge in [-0.05, 0) is 32.0 Å². The minimum atomic E-state index is -4.27. The van der Waals surface area contributed by atoms with Gasteiger partial charge in [0.05, 0.1) is 18.1 Å². The van der Waals surface area contributed by atoms with E-state index in [0.29, 0.717) is 0 Å². The zero-order valence-electron chi connectivity index (χ0n) is 14.4. The van der Waals surface area contributed by atoms with Gasteiger partial charge in [-0.25, -0.2) is 8.42 Å². The van der Waals surface area contributed by atoms with E-state index in [1.165, 1.54) is 12.1 Å². The third-order valence-electron chi connectivity index (χ3n) is 3.40. The Morgan fingerprint density at radius 3 is 2.16 bits per heavy atom. The maximum atomic E-state index is 10.4. The minimum absolute atomic E-state index is 0.00745. The first-order valence-electron chi connectivity index (χ1n) is 7.25. The lowest BCUT2D eigenvalue weighted by Gasteiger charge is -2.10. The Labute approximate surface area is 159 Å². The Bertz CT molecular complexity index is 774. The Kier molecular flexibility index (Phi) is 8.80. The van der Waals surface area contributed by atoms with Crippen LogP contribution >= 0.6 is 0 Å². The van der Waals surface area contributed by atoms with Gasteiger partial charge in [0.2, 0.25) is 0 Å². The summed E-state index contributed by atoms with van der Waals surface area (Å²) in [4.78, 5) is -0.178. The van der Waals surface area contributed by atoms with Gasteiger partial charge >= 0.3 is 21.6 Å². The van der Waals surface area contributed by atoms with Crippen LogP contribution in [0.1, 0.15) is 24.2 Å². The molecule has 0 unspecified atom stereocenters. The third kappa shape index (κ3) is 6.55. The third-order valence-corrected chi connectivity index (χ3v) is 5.89. The molecule has 0 saturated carbocycles. The molecule has 0 aliphatic rings. The highest BCUT2D eigenvalue weighted by molar-refractivity contribution is 7.85. The second kappa shape index (κ2) is 10.1. The average molecular weight is 480 g/mol. The standard InChI is InChI=1S/C10H14IO3.C7H8O3S/c1-7(13-2)8-5-4-6-9(14-3)10(8)11-12;1-6-2-4-7(5-3-6)11(8,9)10/h4-7,12H,1-3H3;2-5H,1H3,(H,8,9,10)/q+1;/p-1/t7-;/m0./s1. The molecule has 25 heavy (non-hydrogen) atoms. The molecular formula is C17H21IO6S. The van der Waals surface area contributed by atoms with Crippen LogP contribution in [0.25, 0.3) is 0 Å². The predicted octanol–water partition coefficient (Wildman–Crippen LogP) is -0.532. The number of aryl methyl sites for hydroxylation is 1. The van der Waals surface area contributed by atoms with Crippen LogP contribution in [0, 0.1) is 10.5 Å². The van der Waals surface area contributed by atoms with Crippen LogP contribution in [-0.4, -0.2) is 30.6 Å². The van der Waals surface area contributed by atoms with Crippen LogP contribution < -0.4 is 26.4 Å². The van der Waals surface area contributed by atoms with Gasteiger partial charge in [-0.3, -0.25) is 0 Å². The molecule has 2 aromatic rings. The van der Waals surface area contributed by atoms with Crippen molar-refractivity contribution in [1.82, 2.24) is 0 Å². The quantitative estimate of drug-likeness (QED) is 0.457. The smallest absolute Gasteiger partial charge is 0.523 e. The summed E-state index contributed by atoms with van der Waals surface area (Å²) >= 11 is -0.985. The Hall–Kier alpha value is -1.20. The van der Waals surface area contributed by atoms with Crippen molar-refractivity contribution >= 4 is 10.1 Å². The molecule has 0 heterocycles. The lowest BCUT2D eigenvalue weighted by Crippen LogP contribution is -3.61. The SMILES string of the molecule is COc1cccc([C@H](C)OC)c1[I+]O.Cc1ccc(S(=O)(=O)[O-])cc1. The second-order valence-electron chi connectivity index (χ2n) is 5.09. The van der Waals surface area contributed by atoms with E-state index in [1.54, 1.807) is 26.4 Å². The van der Waals surface area contributed by atoms with E-state index in [1.807, 2.05) is 32.0 Å². The molecule has 8 heteroatoms. The van der Waals surface area contributed by atoms with E-state index in [4.69, 9.17) is 9.47 Å². The van der Waals surface area contributed by atoms with Crippen molar-refractivity contribution in [3.8, 4) is 5.75 Å². The van der Waals surface area contributed by atoms with E-state index in [2.05, 4.69) is 0 Å². The maximum absolute atomic E-state index is 10.4. The summed E-state index contributed by atoms with van der Waals surface area (Å²) < 4.78 is 51.8. The van der Waals surface area contributed by atoms with Gasteiger partial charge in [-0.2, -0.15) is 3.44 Å². The molecule has 0 bridgehead atoms. The monoisotopic (exact) mass is 480 g/mol. The molecule has 138 valence electrons. The number of rotatable bonds is 5. The van der Waals surface area contributed by atoms with Gasteiger partial charge in [0.15, 0.2) is 5.75 Å². The zero-order chi connectivity index (χ0) is 19.0. The van der Waals surface area contributed by atoms with E-state index >= 15 is 0 Å². The number of benzene rings is 2. The molecule has 0 amide bonds. The fraction of sp³-hybridized carbons (Fsp3) is 0.294. The summed E-state index contributed by atoms with van der Waals surface area (Å²) in [7, 11) is -1.00. The van der Waals surface area contributed by atoms with Crippen molar-refractivity contribution in [3.05, 3.63) is 57.2 Å². The molecule has 2 rings (SSSR count). The second-order valence-corrected chi connectivity index (χ2v) is 8.03. The van der Waals surface area contributed by atoms with Gasteiger partial charge in [0, 0.05) is 12.7 Å². The normalized spacial score (nSPS) is 12.1. The molecule has 2 aromatic carbocycles. The Morgan fingerprint density at radius 1 is 1.12 bits per heavy atom. The summed E-state index contributed by atoms with van der Waals surface area (Å²) in [6.07, 6.45) is -0.00745. The maximum Gasteiger partial charge on any atom is 0.523 e. The number of methoxy groups -OCH3 is 2. The van der Waals surface area contributed by atoms with Gasteiger partial charge in [0.1, 0.15) is 10.1 Å². The molecule has 0 aliphatic heterocycles. The number of ether oxygens (including phenoxy) is 2. The fourth-order valence-electron chi connectivity index (χ4n) is 1.92. The van der Waals surface area contributed by atoms with Crippen molar-refractivity contribution in [2.24, 2.45) is 0 Å². The van der Waals surface area contributed by atoms with E-state index in [-0.39, 0.29) is 11.0 Å². The van der Waals surface area contributed by atoms with Crippen LogP contribution in [0.5, 0.6) is 5.75 Å². The summed E-state index contributed by atoms with van der Waals surface area (Å²) in [5.74, 6) is 0.752. The fourth-order valence-corrected chi connectivity index (χ4v) is 3.93. The van der Waals surface area contributed by atoms with Crippen LogP contribution in [0.2, 0.25) is 0 Å². The summed E-state index contributed by atoms with van der Waals surface area (Å²) in [6.45, 7) is 3.78. The van der Waals surface area contributed by atoms with Gasteiger partial charge < -0.3 is 14.0 Å². The van der Waals surface area contributed by atoms with Gasteiger partial charge in [-0.1, -0.05) is 29.8 Å². The highest BCUT2D eigenvalue weighted by atomic mass is 127. The zero-order valence-corrected chi connectivity index (χ0v) is 17.4. The van der Waals surface area contributed by atoms with Crippen molar-refractivity contribution in [1.29, 1.82) is 0 Å². The van der Waals surface area contributed by atoms with Crippen LogP contribution in [0.15, 0.2) is 47.4 Å². The van der Waals surface area contributed by atoms with Crippen molar-refractivity contribution in [2.75, 3.05) is 14.2 Å². The molecule has 1 N–H and O–H groups in total. The van der Waals surface area contributed by atoms with E-state index in [9.17, 15) is 16.4 Å². The van der Waals surface area contributed by atoms with Crippen LogP contribution in [-0.2, 0) is 14.9 Å². The molecule has 0 saturated heterocycles. The molecule has 6 nitrogen and oxygen atoms in total. The molecule has 0 spiro atoms. The summed E-state index contributed by atoms with van der Waals surface area (Å²) in [5.41, 5.74) is 1.94. The first-order valence-corrected chi connectivity index (χ1v) is 10.7. The van der Waals surface area contributed by atoms with Crippen molar-refractivity contribution < 1.29 is 47.5 Å². The predicted molar refractivity (Wildman–Crippen MR) is 88.5 cm³/mol. The number of halogens is 1. The van der Waals surface area contributed by atoms with Gasteiger partial charge in [-0.15, -0.1) is 0 Å². The first kappa shape index (κ1) is 21.8. The summed E-state index contributed by atoms with van der Waals surface area (Å²) in [6, 6.07) is 11.5. The lowest BCUT2D eigenvalue weighted by atomic mass is 10.1. The van der Waals surface area contributed by atoms with Gasteiger partial charge in [0.25, 0.3) is 3.57 Å². The summed E-state index contributed by atoms with van der Waals surface area (Å²) in [5, 5.41) is 0. The molecular weight excluding hydrogens is 459 g/mol. The molecule has 0 aromatic heterocycles. The molecule has 0 aliphatic carbocycles. The molecule has 0 radical (unpaired) electrons.